The number of halogens is 2. The van der Waals surface area contributed by atoms with Crippen LogP contribution in [0.5, 0.6) is 0 Å². The van der Waals surface area contributed by atoms with Crippen LogP contribution in [-0.4, -0.2) is 50.1 Å². The topological polar surface area (TPSA) is 86.8 Å². The summed E-state index contributed by atoms with van der Waals surface area (Å²) in [5.74, 6) is -0.652. The van der Waals surface area contributed by atoms with Gasteiger partial charge in [0.05, 0.1) is 17.5 Å². The molecule has 0 radical (unpaired) electrons. The summed E-state index contributed by atoms with van der Waals surface area (Å²) in [4.78, 5) is 25.2. The lowest BCUT2D eigenvalue weighted by molar-refractivity contribution is -0.131. The molecule has 0 heterocycles. The highest BCUT2D eigenvalue weighted by molar-refractivity contribution is 7.89. The lowest BCUT2D eigenvalue weighted by Crippen LogP contribution is -2.40. The number of likely N-dealkylation sites (N-methyl/N-ethyl adjacent to an activating group) is 2. The molecule has 0 saturated heterocycles. The number of sulfonamides is 1. The lowest BCUT2D eigenvalue weighted by Gasteiger charge is -2.28. The molecule has 0 bridgehead atoms. The van der Waals surface area contributed by atoms with Gasteiger partial charge in [0.1, 0.15) is 0 Å². The highest BCUT2D eigenvalue weighted by atomic mass is 35.5. The van der Waals surface area contributed by atoms with Crippen molar-refractivity contribution in [3.8, 4) is 0 Å². The van der Waals surface area contributed by atoms with E-state index in [0.29, 0.717) is 21.3 Å². The second-order valence-electron chi connectivity index (χ2n) is 6.81. The first-order valence-corrected chi connectivity index (χ1v) is 11.2. The summed E-state index contributed by atoms with van der Waals surface area (Å²) in [6.07, 6.45) is 0. The van der Waals surface area contributed by atoms with Crippen LogP contribution in [0.25, 0.3) is 0 Å². The van der Waals surface area contributed by atoms with Crippen molar-refractivity contribution in [2.75, 3.05) is 26.0 Å². The molecule has 0 spiro atoms. The number of rotatable bonds is 7. The van der Waals surface area contributed by atoms with Crippen LogP contribution in [-0.2, 0) is 19.6 Å². The Labute approximate surface area is 186 Å². The van der Waals surface area contributed by atoms with Crippen LogP contribution < -0.4 is 5.32 Å². The average Bonchev–Trinajstić information content (AvgIpc) is 2.66. The third-order valence-electron chi connectivity index (χ3n) is 4.63. The van der Waals surface area contributed by atoms with Gasteiger partial charge < -0.3 is 10.2 Å². The van der Waals surface area contributed by atoms with Crippen molar-refractivity contribution in [3.05, 3.63) is 58.1 Å². The van der Waals surface area contributed by atoms with E-state index in [-0.39, 0.29) is 23.4 Å². The number of hydrogen-bond donors (Lipinski definition) is 1. The zero-order chi connectivity index (χ0) is 22.6. The van der Waals surface area contributed by atoms with Gasteiger partial charge in [-0.15, -0.1) is 0 Å². The normalized spacial score (nSPS) is 12.5. The summed E-state index contributed by atoms with van der Waals surface area (Å²) in [5.41, 5.74) is 1.18. The van der Waals surface area contributed by atoms with Gasteiger partial charge in [-0.2, -0.15) is 4.31 Å². The summed E-state index contributed by atoms with van der Waals surface area (Å²) in [7, 11) is -0.967. The maximum atomic E-state index is 12.8. The van der Waals surface area contributed by atoms with E-state index < -0.39 is 15.9 Å². The summed E-state index contributed by atoms with van der Waals surface area (Å²) in [6.45, 7) is 2.81. The van der Waals surface area contributed by atoms with Gasteiger partial charge in [0.15, 0.2) is 0 Å². The van der Waals surface area contributed by atoms with Crippen LogP contribution in [0.3, 0.4) is 0 Å². The largest absolute Gasteiger partial charge is 0.338 e. The minimum atomic E-state index is -3.89. The minimum Gasteiger partial charge on any atom is -0.338 e. The maximum Gasteiger partial charge on any atom is 0.243 e. The van der Waals surface area contributed by atoms with Gasteiger partial charge in [-0.3, -0.25) is 9.59 Å². The molecule has 0 aliphatic heterocycles. The SMILES string of the molecule is CC(=O)Nc1ccc(S(=O)(=O)N(C)CC(=O)N(C)C(C)c2ccc(Cl)cc2Cl)cc1. The predicted molar refractivity (Wildman–Crippen MR) is 118 cm³/mol. The molecule has 0 aliphatic carbocycles. The molecule has 2 aromatic carbocycles. The quantitative estimate of drug-likeness (QED) is 0.665. The number of anilines is 1. The third-order valence-corrected chi connectivity index (χ3v) is 7.01. The standard InChI is InChI=1S/C20H23Cl2N3O4S/c1-13(18-10-5-15(21)11-19(18)22)25(4)20(27)12-24(3)30(28,29)17-8-6-16(7-9-17)23-14(2)26/h5-11,13H,12H2,1-4H3,(H,23,26). The van der Waals surface area contributed by atoms with Gasteiger partial charge in [-0.05, 0) is 48.9 Å². The zero-order valence-corrected chi connectivity index (χ0v) is 19.3. The molecule has 0 aromatic heterocycles. The molecule has 162 valence electrons. The monoisotopic (exact) mass is 471 g/mol. The van der Waals surface area contributed by atoms with Gasteiger partial charge in [0.2, 0.25) is 21.8 Å². The highest BCUT2D eigenvalue weighted by Crippen LogP contribution is 2.29. The van der Waals surface area contributed by atoms with E-state index in [1.807, 2.05) is 0 Å². The first kappa shape index (κ1) is 24.1. The van der Waals surface area contributed by atoms with E-state index in [4.69, 9.17) is 23.2 Å². The Morgan fingerprint density at radius 1 is 1.07 bits per heavy atom. The van der Waals surface area contributed by atoms with Crippen LogP contribution >= 0.6 is 23.2 Å². The van der Waals surface area contributed by atoms with Crippen molar-refractivity contribution >= 4 is 50.7 Å². The zero-order valence-electron chi connectivity index (χ0n) is 17.0. The van der Waals surface area contributed by atoms with E-state index in [1.165, 1.54) is 43.1 Å². The Morgan fingerprint density at radius 3 is 2.20 bits per heavy atom. The lowest BCUT2D eigenvalue weighted by atomic mass is 10.1. The molecule has 1 N–H and O–H groups in total. The molecule has 7 nitrogen and oxygen atoms in total. The molecule has 30 heavy (non-hydrogen) atoms. The Bertz CT molecular complexity index is 1040. The Kier molecular flexibility index (Phi) is 7.87. The van der Waals surface area contributed by atoms with Crippen molar-refractivity contribution in [1.82, 2.24) is 9.21 Å². The molecular formula is C20H23Cl2N3O4S. The second kappa shape index (κ2) is 9.78. The maximum absolute atomic E-state index is 12.8. The predicted octanol–water partition coefficient (Wildman–Crippen LogP) is 3.79. The van der Waals surface area contributed by atoms with Crippen LogP contribution in [0.4, 0.5) is 5.69 Å². The van der Waals surface area contributed by atoms with Crippen molar-refractivity contribution in [2.45, 2.75) is 24.8 Å². The Hall–Kier alpha value is -2.13. The van der Waals surface area contributed by atoms with Crippen LogP contribution in [0, 0.1) is 0 Å². The van der Waals surface area contributed by atoms with Gasteiger partial charge in [-0.25, -0.2) is 8.42 Å². The number of benzene rings is 2. The summed E-state index contributed by atoms with van der Waals surface area (Å²) < 4.78 is 26.6. The van der Waals surface area contributed by atoms with Gasteiger partial charge in [0.25, 0.3) is 0 Å². The molecule has 2 aromatic rings. The molecule has 2 amide bonds. The van der Waals surface area contributed by atoms with Gasteiger partial charge in [0, 0.05) is 36.8 Å². The molecular weight excluding hydrogens is 449 g/mol. The highest BCUT2D eigenvalue weighted by Gasteiger charge is 2.26. The number of hydrogen-bond acceptors (Lipinski definition) is 4. The first-order valence-electron chi connectivity index (χ1n) is 8.98. The number of nitrogens with one attached hydrogen (secondary N) is 1. The van der Waals surface area contributed by atoms with E-state index in [9.17, 15) is 18.0 Å². The van der Waals surface area contributed by atoms with E-state index >= 15 is 0 Å². The van der Waals surface area contributed by atoms with E-state index in [2.05, 4.69) is 5.32 Å². The Morgan fingerprint density at radius 2 is 1.67 bits per heavy atom. The fraction of sp³-hybridized carbons (Fsp3) is 0.300. The van der Waals surface area contributed by atoms with Crippen molar-refractivity contribution in [2.24, 2.45) is 0 Å². The molecule has 0 saturated carbocycles. The number of carbonyl (C=O) groups is 2. The van der Waals surface area contributed by atoms with Crippen molar-refractivity contribution in [3.63, 3.8) is 0 Å². The smallest absolute Gasteiger partial charge is 0.243 e. The molecule has 1 atom stereocenters. The molecule has 2 rings (SSSR count). The van der Waals surface area contributed by atoms with Crippen molar-refractivity contribution < 1.29 is 18.0 Å². The first-order chi connectivity index (χ1) is 13.9. The van der Waals surface area contributed by atoms with Crippen LogP contribution in [0.2, 0.25) is 10.0 Å². The average molecular weight is 472 g/mol. The third kappa shape index (κ3) is 5.72. The number of amides is 2. The fourth-order valence-corrected chi connectivity index (χ4v) is 4.43. The van der Waals surface area contributed by atoms with Gasteiger partial charge in [-0.1, -0.05) is 29.3 Å². The van der Waals surface area contributed by atoms with E-state index in [1.54, 1.807) is 32.2 Å². The molecule has 10 heteroatoms. The van der Waals surface area contributed by atoms with Crippen LogP contribution in [0.1, 0.15) is 25.5 Å². The summed E-state index contributed by atoms with van der Waals surface area (Å²) in [5, 5.41) is 3.48. The number of carbonyl (C=O) groups excluding carboxylic acids is 2. The molecule has 1 unspecified atom stereocenters. The fourth-order valence-electron chi connectivity index (χ4n) is 2.75. The van der Waals surface area contributed by atoms with Crippen LogP contribution in [0.15, 0.2) is 47.4 Å². The summed E-state index contributed by atoms with van der Waals surface area (Å²) >= 11 is 12.1. The summed E-state index contributed by atoms with van der Waals surface area (Å²) in [6, 6.07) is 10.4. The second-order valence-corrected chi connectivity index (χ2v) is 9.70. The molecule has 0 aliphatic rings. The van der Waals surface area contributed by atoms with Crippen molar-refractivity contribution in [1.29, 1.82) is 0 Å². The Balaban J connectivity index is 2.12. The van der Waals surface area contributed by atoms with E-state index in [0.717, 1.165) is 4.31 Å². The van der Waals surface area contributed by atoms with Gasteiger partial charge >= 0.3 is 0 Å². The minimum absolute atomic E-state index is 0.0170. The molecule has 0 fully saturated rings. The number of nitrogens with zero attached hydrogens (tertiary/aromatic N) is 2.